The van der Waals surface area contributed by atoms with Crippen LogP contribution in [0, 0.1) is 0 Å². The van der Waals surface area contributed by atoms with Crippen molar-refractivity contribution in [3.05, 3.63) is 76.6 Å². The van der Waals surface area contributed by atoms with E-state index >= 15 is 0 Å². The molecular weight excluding hydrogens is 566 g/mol. The Bertz CT molecular complexity index is 1540. The van der Waals surface area contributed by atoms with Crippen LogP contribution in [0.4, 0.5) is 0 Å². The quantitative estimate of drug-likeness (QED) is 0.165. The molecule has 2 aromatic heterocycles. The fraction of sp³-hybridized carbons (Fsp3) is 0.379. The first kappa shape index (κ1) is 29.0. The van der Waals surface area contributed by atoms with Gasteiger partial charge in [-0.25, -0.2) is 0 Å². The number of para-hydroxylation sites is 1. The molecule has 12 heteroatoms. The van der Waals surface area contributed by atoms with Crippen molar-refractivity contribution in [2.75, 3.05) is 20.8 Å². The summed E-state index contributed by atoms with van der Waals surface area (Å²) in [6.07, 6.45) is 1.73. The van der Waals surface area contributed by atoms with Gasteiger partial charge in [0.2, 0.25) is 5.16 Å². The van der Waals surface area contributed by atoms with Crippen LogP contribution in [0.2, 0.25) is 5.02 Å². The van der Waals surface area contributed by atoms with Crippen molar-refractivity contribution in [1.82, 2.24) is 24.8 Å². The monoisotopic (exact) mass is 597 g/mol. The van der Waals surface area contributed by atoms with E-state index in [-0.39, 0.29) is 12.1 Å². The van der Waals surface area contributed by atoms with Crippen LogP contribution in [0.1, 0.15) is 56.2 Å². The van der Waals surface area contributed by atoms with Gasteiger partial charge in [0.05, 0.1) is 38.8 Å². The fourth-order valence-electron chi connectivity index (χ4n) is 4.88. The molecule has 0 unspecified atom stereocenters. The van der Waals surface area contributed by atoms with E-state index in [9.17, 15) is 4.79 Å². The standard InChI is InChI=1S/C29H32ClN5O5S/c1-6-39-27(36)29(2,3)41-28-31-33-35(32-28)16-14-23-22-10-8-15-34(22)21-13-12-18(30)17-20(21)25(40-23)19-9-7-11-24(37-4)26(19)38-5/h7-13,15,17,23,25H,6,14,16H2,1-5H3/t23-,25-/m1/s1. The van der Waals surface area contributed by atoms with E-state index < -0.39 is 10.9 Å². The number of rotatable bonds is 10. The topological polar surface area (TPSA) is 103 Å². The number of esters is 1. The minimum Gasteiger partial charge on any atom is -0.493 e. The molecule has 0 saturated carbocycles. The van der Waals surface area contributed by atoms with Crippen LogP contribution in [-0.4, -0.2) is 56.3 Å². The van der Waals surface area contributed by atoms with E-state index in [1.54, 1.807) is 35.0 Å². The second-order valence-corrected chi connectivity index (χ2v) is 11.9. The molecule has 1 aliphatic heterocycles. The van der Waals surface area contributed by atoms with Crippen molar-refractivity contribution in [1.29, 1.82) is 0 Å². The number of aromatic nitrogens is 5. The third kappa shape index (κ3) is 5.93. The number of hydrogen-bond acceptors (Lipinski definition) is 9. The van der Waals surface area contributed by atoms with Crippen LogP contribution in [-0.2, 0) is 20.8 Å². The lowest BCUT2D eigenvalue weighted by atomic mass is 9.98. The summed E-state index contributed by atoms with van der Waals surface area (Å²) in [4.78, 5) is 13.8. The zero-order valence-corrected chi connectivity index (χ0v) is 25.1. The van der Waals surface area contributed by atoms with E-state index in [0.29, 0.717) is 41.3 Å². The molecule has 5 rings (SSSR count). The van der Waals surface area contributed by atoms with Crippen LogP contribution in [0.25, 0.3) is 5.69 Å². The molecule has 41 heavy (non-hydrogen) atoms. The van der Waals surface area contributed by atoms with Crippen LogP contribution in [0.5, 0.6) is 11.5 Å². The first-order chi connectivity index (χ1) is 19.7. The van der Waals surface area contributed by atoms with Gasteiger partial charge in [-0.1, -0.05) is 35.5 Å². The highest BCUT2D eigenvalue weighted by Gasteiger charge is 2.34. The van der Waals surface area contributed by atoms with Gasteiger partial charge in [-0.15, -0.1) is 10.2 Å². The molecule has 0 saturated heterocycles. The molecule has 3 heterocycles. The predicted octanol–water partition coefficient (Wildman–Crippen LogP) is 5.82. The number of aryl methyl sites for hydroxylation is 1. The highest BCUT2D eigenvalue weighted by Crippen LogP contribution is 2.46. The van der Waals surface area contributed by atoms with Crippen LogP contribution in [0.3, 0.4) is 0 Å². The third-order valence-corrected chi connectivity index (χ3v) is 8.06. The zero-order chi connectivity index (χ0) is 29.1. The maximum Gasteiger partial charge on any atom is 0.322 e. The smallest absolute Gasteiger partial charge is 0.322 e. The van der Waals surface area contributed by atoms with E-state index in [2.05, 4.69) is 20.0 Å². The van der Waals surface area contributed by atoms with Crippen molar-refractivity contribution in [3.63, 3.8) is 0 Å². The predicted molar refractivity (Wildman–Crippen MR) is 155 cm³/mol. The Labute approximate surface area is 247 Å². The largest absolute Gasteiger partial charge is 0.493 e. The fourth-order valence-corrected chi connectivity index (χ4v) is 5.88. The summed E-state index contributed by atoms with van der Waals surface area (Å²) in [6.45, 7) is 6.08. The molecule has 0 N–H and O–H groups in total. The number of nitrogens with zero attached hydrogens (tertiary/aromatic N) is 5. The molecule has 0 bridgehead atoms. The molecule has 216 valence electrons. The molecule has 0 spiro atoms. The van der Waals surface area contributed by atoms with Crippen LogP contribution in [0.15, 0.2) is 59.9 Å². The van der Waals surface area contributed by atoms with E-state index in [4.69, 9.17) is 30.5 Å². The Morgan fingerprint density at radius 1 is 1.12 bits per heavy atom. The van der Waals surface area contributed by atoms with E-state index in [1.807, 2.05) is 54.7 Å². The number of fused-ring (bicyclic) bond motifs is 3. The van der Waals surface area contributed by atoms with Crippen LogP contribution < -0.4 is 9.47 Å². The second-order valence-electron chi connectivity index (χ2n) is 9.88. The number of ether oxygens (including phenoxy) is 4. The molecule has 2 aromatic carbocycles. The Balaban J connectivity index is 1.45. The molecular formula is C29H32ClN5O5S. The average Bonchev–Trinajstić information content (AvgIpc) is 3.60. The Morgan fingerprint density at radius 2 is 1.95 bits per heavy atom. The SMILES string of the molecule is CCOC(=O)C(C)(C)Sc1nnn(CC[C@H]2O[C@H](c3cccc(OC)c3OC)c3cc(Cl)ccc3-n3cccc32)n1. The van der Waals surface area contributed by atoms with Crippen molar-refractivity contribution < 1.29 is 23.7 Å². The maximum absolute atomic E-state index is 12.3. The van der Waals surface area contributed by atoms with Gasteiger partial charge in [0.1, 0.15) is 17.0 Å². The molecule has 4 aromatic rings. The summed E-state index contributed by atoms with van der Waals surface area (Å²) in [5.74, 6) is 0.882. The Morgan fingerprint density at radius 3 is 2.71 bits per heavy atom. The summed E-state index contributed by atoms with van der Waals surface area (Å²) >= 11 is 7.71. The Hall–Kier alpha value is -3.54. The number of thioether (sulfide) groups is 1. The molecule has 10 nitrogen and oxygen atoms in total. The van der Waals surface area contributed by atoms with Gasteiger partial charge in [0.25, 0.3) is 0 Å². The highest BCUT2D eigenvalue weighted by molar-refractivity contribution is 8.01. The van der Waals surface area contributed by atoms with E-state index in [1.165, 1.54) is 16.6 Å². The van der Waals surface area contributed by atoms with Gasteiger partial charge in [-0.3, -0.25) is 4.79 Å². The van der Waals surface area contributed by atoms with Gasteiger partial charge < -0.3 is 23.5 Å². The summed E-state index contributed by atoms with van der Waals surface area (Å²) in [5.41, 5.74) is 3.68. The lowest BCUT2D eigenvalue weighted by Crippen LogP contribution is -2.30. The molecule has 1 aliphatic rings. The average molecular weight is 598 g/mol. The summed E-state index contributed by atoms with van der Waals surface area (Å²) < 4.78 is 24.7. The minimum absolute atomic E-state index is 0.310. The second kappa shape index (κ2) is 12.1. The number of hydrogen-bond donors (Lipinski definition) is 0. The normalized spacial score (nSPS) is 16.4. The zero-order valence-electron chi connectivity index (χ0n) is 23.5. The van der Waals surface area contributed by atoms with Gasteiger partial charge in [0.15, 0.2) is 11.5 Å². The minimum atomic E-state index is -0.842. The van der Waals surface area contributed by atoms with Gasteiger partial charge >= 0.3 is 5.97 Å². The van der Waals surface area contributed by atoms with Crippen molar-refractivity contribution in [2.24, 2.45) is 0 Å². The third-order valence-electron chi connectivity index (χ3n) is 6.80. The Kier molecular flexibility index (Phi) is 8.58. The number of benzene rings is 2. The van der Waals surface area contributed by atoms with Gasteiger partial charge in [0, 0.05) is 28.8 Å². The molecule has 2 atom stereocenters. The van der Waals surface area contributed by atoms with Crippen molar-refractivity contribution >= 4 is 29.3 Å². The van der Waals surface area contributed by atoms with Crippen molar-refractivity contribution in [3.8, 4) is 17.2 Å². The van der Waals surface area contributed by atoms with Gasteiger partial charge in [-0.2, -0.15) is 4.80 Å². The number of halogens is 1. The van der Waals surface area contributed by atoms with E-state index in [0.717, 1.165) is 22.5 Å². The summed E-state index contributed by atoms with van der Waals surface area (Å²) in [5, 5.41) is 13.9. The lowest BCUT2D eigenvalue weighted by molar-refractivity contribution is -0.145. The summed E-state index contributed by atoms with van der Waals surface area (Å²) in [7, 11) is 3.23. The van der Waals surface area contributed by atoms with Crippen molar-refractivity contribution in [2.45, 2.75) is 55.8 Å². The maximum atomic E-state index is 12.3. The molecule has 0 amide bonds. The van der Waals surface area contributed by atoms with Gasteiger partial charge in [-0.05, 0) is 62.4 Å². The molecule has 0 aliphatic carbocycles. The molecule has 0 fully saturated rings. The molecule has 0 radical (unpaired) electrons. The van der Waals surface area contributed by atoms with Crippen LogP contribution >= 0.6 is 23.4 Å². The number of tetrazole rings is 1. The highest BCUT2D eigenvalue weighted by atomic mass is 35.5. The number of carbonyl (C=O) groups excluding carboxylic acids is 1. The number of methoxy groups -OCH3 is 2. The first-order valence-corrected chi connectivity index (χ1v) is 14.4. The first-order valence-electron chi connectivity index (χ1n) is 13.2. The summed E-state index contributed by atoms with van der Waals surface area (Å²) in [6, 6.07) is 15.6. The number of carbonyl (C=O) groups is 1. The lowest BCUT2D eigenvalue weighted by Gasteiger charge is -2.25.